The van der Waals surface area contributed by atoms with Gasteiger partial charge in [-0.15, -0.1) is 0 Å². The van der Waals surface area contributed by atoms with Gasteiger partial charge in [0, 0.05) is 0 Å². The molecular formula is C12H18O4S. The molecule has 0 radical (unpaired) electrons. The maximum absolute atomic E-state index is 12.3. The van der Waals surface area contributed by atoms with Crippen LogP contribution in [0.4, 0.5) is 0 Å². The summed E-state index contributed by atoms with van der Waals surface area (Å²) < 4.78 is 29.6. The van der Waals surface area contributed by atoms with Crippen LogP contribution in [0.1, 0.15) is 18.9 Å². The summed E-state index contributed by atoms with van der Waals surface area (Å²) in [6, 6.07) is 5.00. The zero-order valence-electron chi connectivity index (χ0n) is 10.3. The lowest BCUT2D eigenvalue weighted by Gasteiger charge is -2.16. The number of benzene rings is 1. The minimum atomic E-state index is -3.54. The molecule has 0 aliphatic heterocycles. The van der Waals surface area contributed by atoms with Crippen LogP contribution in [0.2, 0.25) is 0 Å². The lowest BCUT2D eigenvalue weighted by atomic mass is 10.2. The molecule has 1 aromatic carbocycles. The Balaban J connectivity index is 3.36. The summed E-state index contributed by atoms with van der Waals surface area (Å²) in [7, 11) is -2.11. The zero-order chi connectivity index (χ0) is 13.1. The predicted molar refractivity (Wildman–Crippen MR) is 66.1 cm³/mol. The number of sulfone groups is 1. The smallest absolute Gasteiger partial charge is 0.187 e. The SMILES string of the molecule is CCC(CO)S(=O)(=O)c1cc(C)ccc1OC. The normalized spacial score (nSPS) is 13.4. The monoisotopic (exact) mass is 258 g/mol. The first-order valence-corrected chi connectivity index (χ1v) is 7.01. The van der Waals surface area contributed by atoms with E-state index in [1.165, 1.54) is 7.11 Å². The van der Waals surface area contributed by atoms with E-state index in [2.05, 4.69) is 0 Å². The highest BCUT2D eigenvalue weighted by molar-refractivity contribution is 7.92. The van der Waals surface area contributed by atoms with Gasteiger partial charge in [0.05, 0.1) is 19.0 Å². The molecule has 0 saturated carbocycles. The molecule has 1 N–H and O–H groups in total. The molecule has 4 nitrogen and oxygen atoms in total. The Hall–Kier alpha value is -1.07. The molecule has 0 saturated heterocycles. The lowest BCUT2D eigenvalue weighted by molar-refractivity contribution is 0.287. The third kappa shape index (κ3) is 2.79. The average molecular weight is 258 g/mol. The molecule has 0 bridgehead atoms. The summed E-state index contributed by atoms with van der Waals surface area (Å²) >= 11 is 0. The van der Waals surface area contributed by atoms with E-state index in [1.807, 2.05) is 6.92 Å². The Labute approximate surface area is 102 Å². The van der Waals surface area contributed by atoms with E-state index >= 15 is 0 Å². The highest BCUT2D eigenvalue weighted by atomic mass is 32.2. The van der Waals surface area contributed by atoms with Crippen molar-refractivity contribution in [2.24, 2.45) is 0 Å². The van der Waals surface area contributed by atoms with Gasteiger partial charge in [0.25, 0.3) is 0 Å². The molecular weight excluding hydrogens is 240 g/mol. The molecule has 1 rings (SSSR count). The van der Waals surface area contributed by atoms with E-state index in [-0.39, 0.29) is 11.5 Å². The summed E-state index contributed by atoms with van der Waals surface area (Å²) in [4.78, 5) is 0.154. The van der Waals surface area contributed by atoms with Gasteiger partial charge in [-0.2, -0.15) is 0 Å². The second kappa shape index (κ2) is 5.51. The van der Waals surface area contributed by atoms with Crippen LogP contribution in [0, 0.1) is 6.92 Å². The van der Waals surface area contributed by atoms with Gasteiger partial charge in [-0.3, -0.25) is 0 Å². The van der Waals surface area contributed by atoms with E-state index < -0.39 is 15.1 Å². The van der Waals surface area contributed by atoms with Crippen LogP contribution in [-0.2, 0) is 9.84 Å². The quantitative estimate of drug-likeness (QED) is 0.870. The Morgan fingerprint density at radius 1 is 1.41 bits per heavy atom. The standard InChI is InChI=1S/C12H18O4S/c1-4-10(8-13)17(14,15)12-7-9(2)5-6-11(12)16-3/h5-7,10,13H,4,8H2,1-3H3. The molecule has 1 aromatic rings. The molecule has 1 atom stereocenters. The van der Waals surface area contributed by atoms with Gasteiger partial charge in [-0.05, 0) is 31.0 Å². The zero-order valence-corrected chi connectivity index (χ0v) is 11.1. The number of hydrogen-bond acceptors (Lipinski definition) is 4. The van der Waals surface area contributed by atoms with E-state index in [0.29, 0.717) is 12.2 Å². The van der Waals surface area contributed by atoms with Crippen molar-refractivity contribution < 1.29 is 18.3 Å². The fourth-order valence-electron chi connectivity index (χ4n) is 1.63. The van der Waals surface area contributed by atoms with Gasteiger partial charge in [0.2, 0.25) is 0 Å². The maximum atomic E-state index is 12.3. The van der Waals surface area contributed by atoms with Crippen molar-refractivity contribution in [3.63, 3.8) is 0 Å². The molecule has 0 aliphatic rings. The summed E-state index contributed by atoms with van der Waals surface area (Å²) in [5, 5.41) is 8.36. The van der Waals surface area contributed by atoms with Gasteiger partial charge in [-0.1, -0.05) is 13.0 Å². The topological polar surface area (TPSA) is 63.6 Å². The third-order valence-electron chi connectivity index (χ3n) is 2.72. The van der Waals surface area contributed by atoms with Crippen molar-refractivity contribution in [2.75, 3.05) is 13.7 Å². The first kappa shape index (κ1) is 14.0. The van der Waals surface area contributed by atoms with Gasteiger partial charge >= 0.3 is 0 Å². The molecule has 0 fully saturated rings. The first-order valence-electron chi connectivity index (χ1n) is 5.46. The van der Waals surface area contributed by atoms with Crippen LogP contribution in [0.25, 0.3) is 0 Å². The number of rotatable bonds is 5. The van der Waals surface area contributed by atoms with E-state index in [4.69, 9.17) is 9.84 Å². The first-order chi connectivity index (χ1) is 7.97. The largest absolute Gasteiger partial charge is 0.495 e. The Kier molecular flexibility index (Phi) is 4.54. The van der Waals surface area contributed by atoms with E-state index in [1.54, 1.807) is 25.1 Å². The van der Waals surface area contributed by atoms with Crippen LogP contribution >= 0.6 is 0 Å². The van der Waals surface area contributed by atoms with Gasteiger partial charge in [0.1, 0.15) is 10.6 Å². The molecule has 0 heterocycles. The van der Waals surface area contributed by atoms with Crippen molar-refractivity contribution in [3.8, 4) is 5.75 Å². The highest BCUT2D eigenvalue weighted by Gasteiger charge is 2.28. The van der Waals surface area contributed by atoms with Crippen molar-refractivity contribution in [1.29, 1.82) is 0 Å². The Morgan fingerprint density at radius 3 is 2.53 bits per heavy atom. The molecule has 96 valence electrons. The third-order valence-corrected chi connectivity index (χ3v) is 5.02. The second-order valence-electron chi connectivity index (χ2n) is 3.91. The van der Waals surface area contributed by atoms with Gasteiger partial charge < -0.3 is 9.84 Å². The van der Waals surface area contributed by atoms with Gasteiger partial charge in [0.15, 0.2) is 9.84 Å². The van der Waals surface area contributed by atoms with Crippen molar-refractivity contribution in [2.45, 2.75) is 30.4 Å². The van der Waals surface area contributed by atoms with Crippen LogP contribution in [-0.4, -0.2) is 32.5 Å². The number of aliphatic hydroxyl groups excluding tert-OH is 1. The number of aryl methyl sites for hydroxylation is 1. The lowest BCUT2D eigenvalue weighted by Crippen LogP contribution is -2.25. The van der Waals surface area contributed by atoms with Crippen molar-refractivity contribution in [1.82, 2.24) is 0 Å². The number of aliphatic hydroxyl groups is 1. The summed E-state index contributed by atoms with van der Waals surface area (Å²) in [5.74, 6) is 0.322. The van der Waals surface area contributed by atoms with E-state index in [9.17, 15) is 8.42 Å². The van der Waals surface area contributed by atoms with Crippen LogP contribution < -0.4 is 4.74 Å². The summed E-state index contributed by atoms with van der Waals surface area (Å²) in [5.41, 5.74) is 0.845. The number of ether oxygens (including phenoxy) is 1. The van der Waals surface area contributed by atoms with Gasteiger partial charge in [-0.25, -0.2) is 8.42 Å². The summed E-state index contributed by atoms with van der Waals surface area (Å²) in [6.45, 7) is 3.18. The fraction of sp³-hybridized carbons (Fsp3) is 0.500. The molecule has 0 aromatic heterocycles. The van der Waals surface area contributed by atoms with Crippen molar-refractivity contribution in [3.05, 3.63) is 23.8 Å². The van der Waals surface area contributed by atoms with E-state index in [0.717, 1.165) is 5.56 Å². The Morgan fingerprint density at radius 2 is 2.06 bits per heavy atom. The maximum Gasteiger partial charge on any atom is 0.187 e. The fourth-order valence-corrected chi connectivity index (χ4v) is 3.41. The minimum Gasteiger partial charge on any atom is -0.495 e. The predicted octanol–water partition coefficient (Wildman–Crippen LogP) is 1.55. The van der Waals surface area contributed by atoms with Crippen LogP contribution in [0.5, 0.6) is 5.75 Å². The van der Waals surface area contributed by atoms with Crippen molar-refractivity contribution >= 4 is 9.84 Å². The molecule has 0 amide bonds. The Bertz CT molecular complexity index is 475. The average Bonchev–Trinajstić information content (AvgIpc) is 2.30. The highest BCUT2D eigenvalue weighted by Crippen LogP contribution is 2.28. The molecule has 17 heavy (non-hydrogen) atoms. The summed E-state index contributed by atoms with van der Waals surface area (Å²) in [6.07, 6.45) is 0.371. The second-order valence-corrected chi connectivity index (χ2v) is 6.11. The molecule has 0 aliphatic carbocycles. The molecule has 1 unspecified atom stereocenters. The molecule has 5 heteroatoms. The van der Waals surface area contributed by atoms with Crippen LogP contribution in [0.3, 0.4) is 0 Å². The van der Waals surface area contributed by atoms with Crippen LogP contribution in [0.15, 0.2) is 23.1 Å². The number of methoxy groups -OCH3 is 1. The minimum absolute atomic E-state index is 0.154. The number of hydrogen-bond donors (Lipinski definition) is 1. The molecule has 0 spiro atoms.